The number of rotatable bonds is 9. The summed E-state index contributed by atoms with van der Waals surface area (Å²) in [4.78, 5) is 25.3. The van der Waals surface area contributed by atoms with E-state index < -0.39 is 12.0 Å². The Labute approximate surface area is 129 Å². The summed E-state index contributed by atoms with van der Waals surface area (Å²) in [6.45, 7) is 13.4. The molecule has 0 radical (unpaired) electrons. The van der Waals surface area contributed by atoms with Crippen molar-refractivity contribution in [1.29, 1.82) is 0 Å². The first-order chi connectivity index (χ1) is 9.65. The molecule has 124 valence electrons. The maximum absolute atomic E-state index is 12.3. The molecule has 0 rings (SSSR count). The van der Waals surface area contributed by atoms with E-state index in [0.29, 0.717) is 24.9 Å². The van der Waals surface area contributed by atoms with Gasteiger partial charge < -0.3 is 15.3 Å². The molecule has 0 saturated heterocycles. The Morgan fingerprint density at radius 1 is 0.952 bits per heavy atom. The van der Waals surface area contributed by atoms with Gasteiger partial charge in [0, 0.05) is 13.1 Å². The van der Waals surface area contributed by atoms with Gasteiger partial charge in [-0.3, -0.25) is 0 Å². The molecule has 0 aromatic heterocycles. The monoisotopic (exact) mass is 300 g/mol. The second-order valence-electron chi connectivity index (χ2n) is 6.86. The zero-order valence-corrected chi connectivity index (χ0v) is 14.3. The fraction of sp³-hybridized carbons (Fsp3) is 0.875. The maximum Gasteiger partial charge on any atom is 0.326 e. The van der Waals surface area contributed by atoms with Crippen molar-refractivity contribution in [1.82, 2.24) is 10.2 Å². The highest BCUT2D eigenvalue weighted by Gasteiger charge is 2.25. The van der Waals surface area contributed by atoms with Crippen LogP contribution in [0.25, 0.3) is 0 Å². The summed E-state index contributed by atoms with van der Waals surface area (Å²) in [6.07, 6.45) is 1.84. The quantitative estimate of drug-likeness (QED) is 0.687. The minimum atomic E-state index is -0.981. The van der Waals surface area contributed by atoms with Gasteiger partial charge in [-0.05, 0) is 30.6 Å². The summed E-state index contributed by atoms with van der Waals surface area (Å²) in [5.41, 5.74) is 0. The molecule has 0 aromatic rings. The Morgan fingerprint density at radius 3 is 1.67 bits per heavy atom. The molecule has 0 fully saturated rings. The molecule has 0 saturated carbocycles. The topological polar surface area (TPSA) is 69.6 Å². The third-order valence-electron chi connectivity index (χ3n) is 3.45. The van der Waals surface area contributed by atoms with E-state index in [4.69, 9.17) is 0 Å². The third-order valence-corrected chi connectivity index (χ3v) is 3.45. The molecule has 21 heavy (non-hydrogen) atoms. The number of carboxylic acid groups (broad SMARTS) is 1. The lowest BCUT2D eigenvalue weighted by atomic mass is 10.1. The van der Waals surface area contributed by atoms with Crippen molar-refractivity contribution in [3.05, 3.63) is 0 Å². The van der Waals surface area contributed by atoms with E-state index in [1.54, 1.807) is 18.7 Å². The zero-order chi connectivity index (χ0) is 16.6. The van der Waals surface area contributed by atoms with Crippen molar-refractivity contribution in [2.75, 3.05) is 13.1 Å². The van der Waals surface area contributed by atoms with Crippen molar-refractivity contribution in [2.24, 2.45) is 17.8 Å². The van der Waals surface area contributed by atoms with Crippen molar-refractivity contribution in [3.63, 3.8) is 0 Å². The predicted octanol–water partition coefficient (Wildman–Crippen LogP) is 3.20. The van der Waals surface area contributed by atoms with E-state index in [2.05, 4.69) is 33.0 Å². The van der Waals surface area contributed by atoms with Gasteiger partial charge in [0.15, 0.2) is 0 Å². The highest BCUT2D eigenvalue weighted by molar-refractivity contribution is 5.82. The molecule has 1 atom stereocenters. The van der Waals surface area contributed by atoms with Gasteiger partial charge in [-0.15, -0.1) is 0 Å². The van der Waals surface area contributed by atoms with Gasteiger partial charge in [0.2, 0.25) is 0 Å². The number of nitrogens with zero attached hydrogens (tertiary/aromatic N) is 1. The largest absolute Gasteiger partial charge is 0.480 e. The SMILES string of the molecule is CC(C)CCN(CCC(C)C)C(=O)NC(C(=O)O)C(C)C. The minimum absolute atomic E-state index is 0.136. The smallest absolute Gasteiger partial charge is 0.326 e. The lowest BCUT2D eigenvalue weighted by Crippen LogP contribution is -2.50. The summed E-state index contributed by atoms with van der Waals surface area (Å²) in [5, 5.41) is 11.8. The molecule has 5 heteroatoms. The van der Waals surface area contributed by atoms with Crippen LogP contribution >= 0.6 is 0 Å². The summed E-state index contributed by atoms with van der Waals surface area (Å²) in [5.74, 6) is -0.0889. The molecular formula is C16H32N2O3. The van der Waals surface area contributed by atoms with Crippen LogP contribution in [0.2, 0.25) is 0 Å². The number of carbonyl (C=O) groups excluding carboxylic acids is 1. The van der Waals surface area contributed by atoms with E-state index in [0.717, 1.165) is 12.8 Å². The van der Waals surface area contributed by atoms with Gasteiger partial charge in [-0.2, -0.15) is 0 Å². The number of carboxylic acids is 1. The van der Waals surface area contributed by atoms with Crippen molar-refractivity contribution in [2.45, 2.75) is 60.4 Å². The summed E-state index contributed by atoms with van der Waals surface area (Å²) in [6, 6.07) is -1.10. The Bertz CT molecular complexity index is 315. The summed E-state index contributed by atoms with van der Waals surface area (Å²) >= 11 is 0. The molecule has 0 spiro atoms. The Balaban J connectivity index is 4.70. The van der Waals surface area contributed by atoms with E-state index in [-0.39, 0.29) is 11.9 Å². The van der Waals surface area contributed by atoms with E-state index in [1.807, 2.05) is 0 Å². The first-order valence-electron chi connectivity index (χ1n) is 7.93. The van der Waals surface area contributed by atoms with Gasteiger partial charge in [0.05, 0.1) is 0 Å². The first-order valence-corrected chi connectivity index (χ1v) is 7.93. The highest BCUT2D eigenvalue weighted by atomic mass is 16.4. The number of urea groups is 1. The van der Waals surface area contributed by atoms with Crippen molar-refractivity contribution in [3.8, 4) is 0 Å². The lowest BCUT2D eigenvalue weighted by Gasteiger charge is -2.27. The molecule has 0 aliphatic heterocycles. The van der Waals surface area contributed by atoms with Crippen LogP contribution in [0.15, 0.2) is 0 Å². The molecular weight excluding hydrogens is 268 g/mol. The number of nitrogens with one attached hydrogen (secondary N) is 1. The number of hydrogen-bond donors (Lipinski definition) is 2. The molecule has 2 amide bonds. The molecule has 0 heterocycles. The summed E-state index contributed by atoms with van der Waals surface area (Å²) in [7, 11) is 0. The zero-order valence-electron chi connectivity index (χ0n) is 14.3. The van der Waals surface area contributed by atoms with Gasteiger partial charge in [0.1, 0.15) is 6.04 Å². The van der Waals surface area contributed by atoms with E-state index in [9.17, 15) is 14.7 Å². The van der Waals surface area contributed by atoms with Crippen molar-refractivity contribution >= 4 is 12.0 Å². The minimum Gasteiger partial charge on any atom is -0.480 e. The molecule has 0 bridgehead atoms. The van der Waals surface area contributed by atoms with Crippen LogP contribution in [0.5, 0.6) is 0 Å². The maximum atomic E-state index is 12.3. The number of amides is 2. The first kappa shape index (κ1) is 19.7. The Kier molecular flexibility index (Phi) is 9.06. The van der Waals surface area contributed by atoms with Crippen molar-refractivity contribution < 1.29 is 14.7 Å². The predicted molar refractivity (Wildman–Crippen MR) is 85.3 cm³/mol. The average molecular weight is 300 g/mol. The van der Waals surface area contributed by atoms with E-state index in [1.165, 1.54) is 0 Å². The molecule has 2 N–H and O–H groups in total. The van der Waals surface area contributed by atoms with Gasteiger partial charge >= 0.3 is 12.0 Å². The van der Waals surface area contributed by atoms with Crippen LogP contribution < -0.4 is 5.32 Å². The third kappa shape index (κ3) is 8.58. The molecule has 1 unspecified atom stereocenters. The number of hydrogen-bond acceptors (Lipinski definition) is 2. The highest BCUT2D eigenvalue weighted by Crippen LogP contribution is 2.09. The van der Waals surface area contributed by atoms with E-state index >= 15 is 0 Å². The number of carbonyl (C=O) groups is 2. The second kappa shape index (κ2) is 9.64. The lowest BCUT2D eigenvalue weighted by molar-refractivity contribution is -0.140. The Morgan fingerprint density at radius 2 is 1.38 bits per heavy atom. The Hall–Kier alpha value is -1.26. The van der Waals surface area contributed by atoms with Gasteiger partial charge in [-0.1, -0.05) is 41.5 Å². The van der Waals surface area contributed by atoms with Gasteiger partial charge in [0.25, 0.3) is 0 Å². The van der Waals surface area contributed by atoms with Crippen LogP contribution in [-0.2, 0) is 4.79 Å². The van der Waals surface area contributed by atoms with Crippen LogP contribution in [0.4, 0.5) is 4.79 Å². The molecule has 0 aliphatic carbocycles. The van der Waals surface area contributed by atoms with Crippen LogP contribution in [0.3, 0.4) is 0 Å². The molecule has 0 aliphatic rings. The molecule has 0 aromatic carbocycles. The fourth-order valence-corrected chi connectivity index (χ4v) is 1.88. The summed E-state index contributed by atoms with van der Waals surface area (Å²) < 4.78 is 0. The van der Waals surface area contributed by atoms with Gasteiger partial charge in [-0.25, -0.2) is 9.59 Å². The van der Waals surface area contributed by atoms with Crippen LogP contribution in [-0.4, -0.2) is 41.1 Å². The fourth-order valence-electron chi connectivity index (χ4n) is 1.88. The second-order valence-corrected chi connectivity index (χ2v) is 6.86. The number of aliphatic carboxylic acids is 1. The van der Waals surface area contributed by atoms with Crippen LogP contribution in [0.1, 0.15) is 54.4 Å². The molecule has 5 nitrogen and oxygen atoms in total. The standard InChI is InChI=1S/C16H32N2O3/c1-11(2)7-9-18(10-8-12(3)4)16(21)17-14(13(5)6)15(19)20/h11-14H,7-10H2,1-6H3,(H,17,21)(H,19,20). The normalized spacial score (nSPS) is 12.8. The average Bonchev–Trinajstić information content (AvgIpc) is 2.34. The van der Waals surface area contributed by atoms with Crippen LogP contribution in [0, 0.1) is 17.8 Å².